The van der Waals surface area contributed by atoms with Crippen LogP contribution in [-0.4, -0.2) is 53.4 Å². The van der Waals surface area contributed by atoms with Crippen molar-refractivity contribution in [3.8, 4) is 5.75 Å². The molecule has 1 heterocycles. The van der Waals surface area contributed by atoms with Crippen molar-refractivity contribution in [2.24, 2.45) is 5.41 Å². The van der Waals surface area contributed by atoms with Gasteiger partial charge >= 0.3 is 0 Å². The van der Waals surface area contributed by atoms with Crippen LogP contribution in [0.15, 0.2) is 54.6 Å². The number of piperidine rings is 1. The van der Waals surface area contributed by atoms with Gasteiger partial charge in [0, 0.05) is 18.5 Å². The average molecular weight is 387 g/mol. The largest absolute Gasteiger partial charge is 0.493 e. The average Bonchev–Trinajstić information content (AvgIpc) is 2.72. The molecule has 1 amide bonds. The second-order valence-electron chi connectivity index (χ2n) is 7.36. The molecule has 2 aromatic rings. The third-order valence-corrected chi connectivity index (χ3v) is 5.35. The predicted octanol–water partition coefficient (Wildman–Crippen LogP) is 2.41. The van der Waals surface area contributed by atoms with Crippen molar-refractivity contribution in [1.82, 2.24) is 4.90 Å². The molecule has 2 aromatic carbocycles. The Morgan fingerprint density at radius 3 is 2.57 bits per heavy atom. The Hall–Kier alpha value is -2.44. The highest BCUT2D eigenvalue weighted by atomic mass is 19.1. The normalized spacial score (nSPS) is 22.1. The summed E-state index contributed by atoms with van der Waals surface area (Å²) in [6, 6.07) is 15.3. The van der Waals surface area contributed by atoms with Crippen molar-refractivity contribution in [1.29, 1.82) is 0 Å². The lowest BCUT2D eigenvalue weighted by atomic mass is 9.73. The molecule has 0 bridgehead atoms. The minimum atomic E-state index is -0.855. The van der Waals surface area contributed by atoms with Crippen LogP contribution in [0.2, 0.25) is 0 Å². The first-order chi connectivity index (χ1) is 13.5. The molecular formula is C22H26FNO4. The van der Waals surface area contributed by atoms with E-state index in [1.54, 1.807) is 17.0 Å². The van der Waals surface area contributed by atoms with Crippen molar-refractivity contribution in [2.45, 2.75) is 25.4 Å². The number of aliphatic hydroxyl groups excluding tert-OH is 2. The molecule has 3 rings (SSSR count). The van der Waals surface area contributed by atoms with Gasteiger partial charge in [-0.15, -0.1) is 0 Å². The van der Waals surface area contributed by atoms with E-state index in [0.29, 0.717) is 25.1 Å². The zero-order valence-electron chi connectivity index (χ0n) is 15.8. The van der Waals surface area contributed by atoms with Crippen LogP contribution >= 0.6 is 0 Å². The number of aliphatic hydroxyl groups is 2. The minimum absolute atomic E-state index is 0.0697. The number of ether oxygens (including phenoxy) is 1. The highest BCUT2D eigenvalue weighted by Gasteiger charge is 2.43. The highest BCUT2D eigenvalue weighted by Crippen LogP contribution is 2.34. The number of carbonyl (C=O) groups is 1. The number of hydrogen-bond donors (Lipinski definition) is 2. The maximum Gasteiger partial charge on any atom is 0.226 e. The summed E-state index contributed by atoms with van der Waals surface area (Å²) in [5.41, 5.74) is -0.0392. The summed E-state index contributed by atoms with van der Waals surface area (Å²) < 4.78 is 18.8. The number of nitrogens with zero attached hydrogens (tertiary/aromatic N) is 1. The first-order valence-electron chi connectivity index (χ1n) is 9.51. The lowest BCUT2D eigenvalue weighted by molar-refractivity contribution is -0.142. The fourth-order valence-electron chi connectivity index (χ4n) is 3.69. The van der Waals surface area contributed by atoms with Crippen LogP contribution in [0.1, 0.15) is 18.4 Å². The Morgan fingerprint density at radius 1 is 1.18 bits per heavy atom. The summed E-state index contributed by atoms with van der Waals surface area (Å²) in [7, 11) is 0. The molecule has 28 heavy (non-hydrogen) atoms. The molecule has 0 aliphatic carbocycles. The van der Waals surface area contributed by atoms with Crippen molar-refractivity contribution in [3.05, 3.63) is 66.0 Å². The molecule has 0 radical (unpaired) electrons. The van der Waals surface area contributed by atoms with Crippen LogP contribution in [0.4, 0.5) is 4.39 Å². The van der Waals surface area contributed by atoms with Gasteiger partial charge in [-0.3, -0.25) is 4.79 Å². The maximum atomic E-state index is 13.2. The first kappa shape index (κ1) is 20.3. The Kier molecular flexibility index (Phi) is 6.65. The SMILES string of the molecule is O=C(CCOc1ccccc1)N1CC[C@H](O)[C@@](CO)(Cc2ccc(F)cc2)C1. The number of para-hydroxylation sites is 1. The monoisotopic (exact) mass is 387 g/mol. The third-order valence-electron chi connectivity index (χ3n) is 5.35. The van der Waals surface area contributed by atoms with E-state index in [2.05, 4.69) is 0 Å². The smallest absolute Gasteiger partial charge is 0.226 e. The molecule has 0 aromatic heterocycles. The maximum absolute atomic E-state index is 13.2. The fraction of sp³-hybridized carbons (Fsp3) is 0.409. The molecule has 0 spiro atoms. The molecule has 1 saturated heterocycles. The molecule has 2 atom stereocenters. The number of benzene rings is 2. The molecule has 150 valence electrons. The number of hydrogen-bond acceptors (Lipinski definition) is 4. The molecule has 2 N–H and O–H groups in total. The van der Waals surface area contributed by atoms with Gasteiger partial charge in [0.1, 0.15) is 11.6 Å². The topological polar surface area (TPSA) is 70.0 Å². The van der Waals surface area contributed by atoms with Crippen LogP contribution in [0.3, 0.4) is 0 Å². The van der Waals surface area contributed by atoms with Crippen LogP contribution in [-0.2, 0) is 11.2 Å². The molecule has 0 saturated carbocycles. The predicted molar refractivity (Wildman–Crippen MR) is 103 cm³/mol. The van der Waals surface area contributed by atoms with Crippen molar-refractivity contribution >= 4 is 5.91 Å². The van der Waals surface area contributed by atoms with Gasteiger partial charge in [0.05, 0.1) is 25.7 Å². The Bertz CT molecular complexity index is 768. The Labute approximate surface area is 164 Å². The summed E-state index contributed by atoms with van der Waals surface area (Å²) in [6.07, 6.45) is 0.262. The number of rotatable bonds is 7. The number of halogens is 1. The second kappa shape index (κ2) is 9.17. The number of amides is 1. The van der Waals surface area contributed by atoms with Crippen LogP contribution in [0.5, 0.6) is 5.75 Å². The van der Waals surface area contributed by atoms with Gasteiger partial charge < -0.3 is 19.8 Å². The summed E-state index contributed by atoms with van der Waals surface area (Å²) >= 11 is 0. The molecule has 1 aliphatic heterocycles. The summed E-state index contributed by atoms with van der Waals surface area (Å²) in [5, 5.41) is 20.6. The van der Waals surface area contributed by atoms with E-state index < -0.39 is 11.5 Å². The van der Waals surface area contributed by atoms with E-state index in [4.69, 9.17) is 4.74 Å². The van der Waals surface area contributed by atoms with E-state index in [1.807, 2.05) is 30.3 Å². The summed E-state index contributed by atoms with van der Waals surface area (Å²) in [5.74, 6) is 0.311. The quantitative estimate of drug-likeness (QED) is 0.766. The van der Waals surface area contributed by atoms with Gasteiger partial charge in [-0.1, -0.05) is 30.3 Å². The number of carbonyl (C=O) groups excluding carboxylic acids is 1. The van der Waals surface area contributed by atoms with E-state index in [1.165, 1.54) is 12.1 Å². The van der Waals surface area contributed by atoms with Gasteiger partial charge in [0.15, 0.2) is 0 Å². The minimum Gasteiger partial charge on any atom is -0.493 e. The summed E-state index contributed by atoms with van der Waals surface area (Å²) in [6.45, 7) is 0.713. The third kappa shape index (κ3) is 4.88. The van der Waals surface area contributed by atoms with E-state index in [9.17, 15) is 19.4 Å². The van der Waals surface area contributed by atoms with Crippen molar-refractivity contribution < 1.29 is 24.1 Å². The summed E-state index contributed by atoms with van der Waals surface area (Å²) in [4.78, 5) is 14.3. The fourth-order valence-corrected chi connectivity index (χ4v) is 3.69. The van der Waals surface area contributed by atoms with E-state index >= 15 is 0 Å². The molecule has 5 nitrogen and oxygen atoms in total. The Morgan fingerprint density at radius 2 is 1.89 bits per heavy atom. The van der Waals surface area contributed by atoms with Gasteiger partial charge in [-0.05, 0) is 42.7 Å². The van der Waals surface area contributed by atoms with E-state index in [0.717, 1.165) is 5.56 Å². The van der Waals surface area contributed by atoms with Gasteiger partial charge in [-0.25, -0.2) is 4.39 Å². The zero-order chi connectivity index (χ0) is 20.0. The van der Waals surface area contributed by atoms with Crippen LogP contribution < -0.4 is 4.74 Å². The number of likely N-dealkylation sites (tertiary alicyclic amines) is 1. The standard InChI is InChI=1S/C22H26FNO4/c23-18-8-6-17(7-9-18)14-22(16-25)15-24(12-10-20(22)26)21(27)11-13-28-19-4-2-1-3-5-19/h1-9,20,25-26H,10-16H2/t20-,22-/m0/s1. The van der Waals surface area contributed by atoms with Gasteiger partial charge in [-0.2, -0.15) is 0 Å². The lowest BCUT2D eigenvalue weighted by Crippen LogP contribution is -2.56. The molecule has 1 fully saturated rings. The second-order valence-corrected chi connectivity index (χ2v) is 7.36. The zero-order valence-corrected chi connectivity index (χ0v) is 15.8. The highest BCUT2D eigenvalue weighted by molar-refractivity contribution is 5.76. The Balaban J connectivity index is 1.61. The first-order valence-corrected chi connectivity index (χ1v) is 9.51. The van der Waals surface area contributed by atoms with Crippen LogP contribution in [0, 0.1) is 11.2 Å². The van der Waals surface area contributed by atoms with E-state index in [-0.39, 0.29) is 37.9 Å². The molecular weight excluding hydrogens is 361 g/mol. The van der Waals surface area contributed by atoms with Crippen molar-refractivity contribution in [2.75, 3.05) is 26.3 Å². The van der Waals surface area contributed by atoms with Gasteiger partial charge in [0.2, 0.25) is 5.91 Å². The van der Waals surface area contributed by atoms with Crippen molar-refractivity contribution in [3.63, 3.8) is 0 Å². The van der Waals surface area contributed by atoms with Crippen LogP contribution in [0.25, 0.3) is 0 Å². The molecule has 1 aliphatic rings. The lowest BCUT2D eigenvalue weighted by Gasteiger charge is -2.45. The molecule has 0 unspecified atom stereocenters. The van der Waals surface area contributed by atoms with Gasteiger partial charge in [0.25, 0.3) is 0 Å². The molecule has 6 heteroatoms.